The van der Waals surface area contributed by atoms with E-state index in [1.807, 2.05) is 0 Å². The van der Waals surface area contributed by atoms with Gasteiger partial charge in [0.05, 0.1) is 66.5 Å². The normalized spacial score (nSPS) is 11.2. The van der Waals surface area contributed by atoms with Crippen molar-refractivity contribution < 1.29 is 43.1 Å². The number of carbonyl (C=O) groups excluding carboxylic acids is 1. The van der Waals surface area contributed by atoms with Crippen molar-refractivity contribution in [3.63, 3.8) is 0 Å². The van der Waals surface area contributed by atoms with Crippen LogP contribution in [0.1, 0.15) is 11.1 Å². The first kappa shape index (κ1) is 23.5. The largest absolute Gasteiger partial charge is 0.871 e. The SMILES string of the molecule is COC(=O)/C(=C(/[O-])c1c(OC)cc(OC)cc1OC)c1c(OC)cc(OC)cc1OC. The Kier molecular flexibility index (Phi) is 7.84. The van der Waals surface area contributed by atoms with Gasteiger partial charge in [-0.05, 0) is 0 Å². The predicted octanol–water partition coefficient (Wildman–Crippen LogP) is 2.14. The molecular formula is C22H25O9-. The summed E-state index contributed by atoms with van der Waals surface area (Å²) in [5.41, 5.74) is -0.227. The van der Waals surface area contributed by atoms with Crippen molar-refractivity contribution in [1.29, 1.82) is 0 Å². The van der Waals surface area contributed by atoms with Gasteiger partial charge in [0.15, 0.2) is 0 Å². The van der Waals surface area contributed by atoms with Gasteiger partial charge in [-0.25, -0.2) is 4.79 Å². The molecule has 0 radical (unpaired) electrons. The highest BCUT2D eigenvalue weighted by Crippen LogP contribution is 2.44. The molecule has 0 amide bonds. The number of ether oxygens (including phenoxy) is 7. The number of carbonyl (C=O) groups is 1. The highest BCUT2D eigenvalue weighted by Gasteiger charge is 2.26. The molecule has 0 N–H and O–H groups in total. The van der Waals surface area contributed by atoms with Crippen molar-refractivity contribution in [1.82, 2.24) is 0 Å². The van der Waals surface area contributed by atoms with E-state index in [-0.39, 0.29) is 39.7 Å². The lowest BCUT2D eigenvalue weighted by Gasteiger charge is -2.25. The van der Waals surface area contributed by atoms with E-state index in [4.69, 9.17) is 33.2 Å². The number of hydrogen-bond acceptors (Lipinski definition) is 9. The molecule has 9 nitrogen and oxygen atoms in total. The minimum Gasteiger partial charge on any atom is -0.871 e. The minimum atomic E-state index is -0.897. The Morgan fingerprint density at radius 2 is 0.968 bits per heavy atom. The molecule has 31 heavy (non-hydrogen) atoms. The van der Waals surface area contributed by atoms with Crippen LogP contribution >= 0.6 is 0 Å². The average molecular weight is 433 g/mol. The van der Waals surface area contributed by atoms with E-state index >= 15 is 0 Å². The Hall–Kier alpha value is -3.75. The van der Waals surface area contributed by atoms with Gasteiger partial charge in [0.1, 0.15) is 34.5 Å². The molecule has 0 aromatic heterocycles. The van der Waals surface area contributed by atoms with Crippen molar-refractivity contribution in [3.05, 3.63) is 35.4 Å². The van der Waals surface area contributed by atoms with Crippen LogP contribution in [0.15, 0.2) is 24.3 Å². The van der Waals surface area contributed by atoms with Crippen LogP contribution in [0.2, 0.25) is 0 Å². The second-order valence-electron chi connectivity index (χ2n) is 6.01. The van der Waals surface area contributed by atoms with Crippen LogP contribution < -0.4 is 33.5 Å². The molecule has 0 saturated heterocycles. The van der Waals surface area contributed by atoms with Gasteiger partial charge in [-0.3, -0.25) is 0 Å². The summed E-state index contributed by atoms with van der Waals surface area (Å²) in [4.78, 5) is 12.8. The second kappa shape index (κ2) is 10.3. The Morgan fingerprint density at radius 3 is 1.26 bits per heavy atom. The minimum absolute atomic E-state index is 0.00567. The van der Waals surface area contributed by atoms with E-state index in [9.17, 15) is 9.90 Å². The van der Waals surface area contributed by atoms with E-state index < -0.39 is 11.7 Å². The third kappa shape index (κ3) is 4.55. The fourth-order valence-corrected chi connectivity index (χ4v) is 3.02. The molecule has 0 aliphatic carbocycles. The summed E-state index contributed by atoms with van der Waals surface area (Å²) in [6.07, 6.45) is 0. The molecule has 0 aliphatic heterocycles. The highest BCUT2D eigenvalue weighted by atomic mass is 16.5. The molecule has 0 unspecified atom stereocenters. The van der Waals surface area contributed by atoms with Gasteiger partial charge < -0.3 is 38.3 Å². The summed E-state index contributed by atoms with van der Waals surface area (Å²) >= 11 is 0. The average Bonchev–Trinajstić information content (AvgIpc) is 2.82. The van der Waals surface area contributed by atoms with Crippen LogP contribution in [0.5, 0.6) is 34.5 Å². The van der Waals surface area contributed by atoms with Gasteiger partial charge in [0.25, 0.3) is 0 Å². The van der Waals surface area contributed by atoms with Crippen LogP contribution in [-0.2, 0) is 9.53 Å². The van der Waals surface area contributed by atoms with Crippen molar-refractivity contribution in [2.45, 2.75) is 0 Å². The fourth-order valence-electron chi connectivity index (χ4n) is 3.02. The van der Waals surface area contributed by atoms with E-state index in [0.29, 0.717) is 11.5 Å². The van der Waals surface area contributed by atoms with Gasteiger partial charge in [0, 0.05) is 24.3 Å². The highest BCUT2D eigenvalue weighted by molar-refractivity contribution is 6.25. The fraction of sp³-hybridized carbons (Fsp3) is 0.318. The number of benzene rings is 2. The summed E-state index contributed by atoms with van der Waals surface area (Å²) < 4.78 is 37.0. The Labute approximate surface area is 180 Å². The molecule has 0 fully saturated rings. The lowest BCUT2D eigenvalue weighted by molar-refractivity contribution is -0.243. The zero-order valence-electron chi connectivity index (χ0n) is 18.5. The van der Waals surface area contributed by atoms with Crippen molar-refractivity contribution in [2.75, 3.05) is 49.8 Å². The van der Waals surface area contributed by atoms with E-state index in [0.717, 1.165) is 0 Å². The lowest BCUT2D eigenvalue weighted by Crippen LogP contribution is -2.16. The third-order valence-corrected chi connectivity index (χ3v) is 4.52. The first-order valence-corrected chi connectivity index (χ1v) is 9.00. The molecular weight excluding hydrogens is 408 g/mol. The first-order chi connectivity index (χ1) is 14.9. The van der Waals surface area contributed by atoms with Crippen molar-refractivity contribution >= 4 is 17.3 Å². The maximum absolute atomic E-state index is 13.7. The zero-order valence-corrected chi connectivity index (χ0v) is 18.5. The number of methoxy groups -OCH3 is 7. The molecule has 2 rings (SSSR count). The quantitative estimate of drug-likeness (QED) is 0.254. The summed E-state index contributed by atoms with van der Waals surface area (Å²) in [6.45, 7) is 0. The second-order valence-corrected chi connectivity index (χ2v) is 6.01. The number of rotatable bonds is 9. The number of esters is 1. The maximum atomic E-state index is 13.7. The van der Waals surface area contributed by atoms with Gasteiger partial charge in [-0.2, -0.15) is 0 Å². The molecule has 2 aromatic carbocycles. The third-order valence-electron chi connectivity index (χ3n) is 4.52. The Morgan fingerprint density at radius 1 is 0.613 bits per heavy atom. The van der Waals surface area contributed by atoms with Crippen LogP contribution in [0, 0.1) is 0 Å². The van der Waals surface area contributed by atoms with Gasteiger partial charge in [-0.15, -0.1) is 0 Å². The lowest BCUT2D eigenvalue weighted by atomic mass is 9.97. The van der Waals surface area contributed by atoms with E-state index in [1.165, 1.54) is 74.0 Å². The van der Waals surface area contributed by atoms with Gasteiger partial charge in [-0.1, -0.05) is 5.76 Å². The molecule has 0 aliphatic rings. The topological polar surface area (TPSA) is 105 Å². The summed E-state index contributed by atoms with van der Waals surface area (Å²) in [6, 6.07) is 6.06. The van der Waals surface area contributed by atoms with Crippen LogP contribution in [0.4, 0.5) is 0 Å². The first-order valence-electron chi connectivity index (χ1n) is 9.00. The maximum Gasteiger partial charge on any atom is 0.338 e. The smallest absolute Gasteiger partial charge is 0.338 e. The van der Waals surface area contributed by atoms with Crippen LogP contribution in [-0.4, -0.2) is 55.7 Å². The molecule has 0 bridgehead atoms. The van der Waals surface area contributed by atoms with E-state index in [2.05, 4.69) is 0 Å². The van der Waals surface area contributed by atoms with Crippen molar-refractivity contribution in [3.8, 4) is 34.5 Å². The predicted molar refractivity (Wildman–Crippen MR) is 111 cm³/mol. The molecule has 0 heterocycles. The van der Waals surface area contributed by atoms with Crippen LogP contribution in [0.25, 0.3) is 11.3 Å². The number of hydrogen-bond donors (Lipinski definition) is 0. The summed E-state index contributed by atoms with van der Waals surface area (Å²) in [5.74, 6) is -0.147. The van der Waals surface area contributed by atoms with Crippen LogP contribution in [0.3, 0.4) is 0 Å². The van der Waals surface area contributed by atoms with Crippen molar-refractivity contribution in [2.24, 2.45) is 0 Å². The molecule has 9 heteroatoms. The summed E-state index contributed by atoms with van der Waals surface area (Å²) in [5, 5.41) is 13.7. The molecule has 0 spiro atoms. The Balaban J connectivity index is 2.99. The monoisotopic (exact) mass is 433 g/mol. The summed E-state index contributed by atoms with van der Waals surface area (Å²) in [7, 11) is 9.67. The molecule has 0 saturated carbocycles. The van der Waals surface area contributed by atoms with E-state index in [1.54, 1.807) is 0 Å². The molecule has 0 atom stereocenters. The Bertz CT molecular complexity index is 929. The standard InChI is InChI=1S/C22H26O9/c1-25-12-8-14(27-3)18(15(9-12)28-4)20(22(24)31-7)21(23)19-16(29-5)10-13(26-2)11-17(19)30-6/h8-11,23H,1-7H3/p-1/b21-20+. The molecule has 2 aromatic rings. The zero-order chi connectivity index (χ0) is 23.1. The van der Waals surface area contributed by atoms with Gasteiger partial charge >= 0.3 is 5.97 Å². The van der Waals surface area contributed by atoms with Gasteiger partial charge in [0.2, 0.25) is 0 Å². The molecule has 168 valence electrons.